The first kappa shape index (κ1) is 13.3. The van der Waals surface area contributed by atoms with E-state index in [1.165, 1.54) is 5.56 Å². The van der Waals surface area contributed by atoms with Crippen LogP contribution in [0.1, 0.15) is 42.6 Å². The van der Waals surface area contributed by atoms with Gasteiger partial charge in [0.05, 0.1) is 5.69 Å². The zero-order valence-electron chi connectivity index (χ0n) is 10.7. The summed E-state index contributed by atoms with van der Waals surface area (Å²) in [6, 6.07) is 10.4. The fourth-order valence-corrected chi connectivity index (χ4v) is 2.41. The topological polar surface area (TPSA) is 54.7 Å². The molecule has 0 amide bonds. The second kappa shape index (κ2) is 5.67. The first-order valence-electron chi connectivity index (χ1n) is 6.12. The fraction of sp³-hybridized carbons (Fsp3) is 0.357. The van der Waals surface area contributed by atoms with Gasteiger partial charge in [0.2, 0.25) is 0 Å². The van der Waals surface area contributed by atoms with Gasteiger partial charge in [0.1, 0.15) is 0 Å². The Hall–Kier alpha value is -1.13. The predicted octanol–water partition coefficient (Wildman–Crippen LogP) is 3.39. The third-order valence-electron chi connectivity index (χ3n) is 3.07. The minimum absolute atomic E-state index is 0.169. The smallest absolute Gasteiger partial charge is 0.0650 e. The molecule has 0 radical (unpaired) electrons. The summed E-state index contributed by atoms with van der Waals surface area (Å²) in [6.45, 7) is 4.84. The van der Waals surface area contributed by atoms with Crippen LogP contribution in [0.5, 0.6) is 0 Å². The number of hydrogen-bond donors (Lipinski definition) is 2. The van der Waals surface area contributed by atoms with E-state index in [0.717, 1.165) is 15.9 Å². The molecular formula is C14H18BrN3. The van der Waals surface area contributed by atoms with Crippen LogP contribution in [0.2, 0.25) is 0 Å². The van der Waals surface area contributed by atoms with Crippen LogP contribution < -0.4 is 5.73 Å². The van der Waals surface area contributed by atoms with Crippen LogP contribution in [-0.2, 0) is 0 Å². The van der Waals surface area contributed by atoms with Crippen molar-refractivity contribution in [3.63, 3.8) is 0 Å². The Labute approximate surface area is 116 Å². The van der Waals surface area contributed by atoms with Gasteiger partial charge < -0.3 is 5.73 Å². The Bertz CT molecular complexity index is 519. The first-order valence-corrected chi connectivity index (χ1v) is 6.92. The SMILES string of the molecule is CC(C)c1cc(C(CN)c2cccc(Br)c2)[nH]n1. The normalized spacial score (nSPS) is 12.9. The van der Waals surface area contributed by atoms with E-state index in [4.69, 9.17) is 5.73 Å². The Kier molecular flexibility index (Phi) is 4.19. The average Bonchev–Trinajstić information content (AvgIpc) is 2.80. The summed E-state index contributed by atoms with van der Waals surface area (Å²) in [5, 5.41) is 7.45. The molecule has 1 heterocycles. The lowest BCUT2D eigenvalue weighted by Gasteiger charge is -2.13. The van der Waals surface area contributed by atoms with Gasteiger partial charge in [-0.05, 0) is 29.7 Å². The number of hydrogen-bond acceptors (Lipinski definition) is 2. The van der Waals surface area contributed by atoms with Gasteiger partial charge in [-0.3, -0.25) is 5.10 Å². The van der Waals surface area contributed by atoms with Crippen LogP contribution in [0.15, 0.2) is 34.8 Å². The lowest BCUT2D eigenvalue weighted by molar-refractivity contribution is 0.772. The monoisotopic (exact) mass is 307 g/mol. The number of aromatic nitrogens is 2. The molecule has 0 bridgehead atoms. The highest BCUT2D eigenvalue weighted by Crippen LogP contribution is 2.26. The van der Waals surface area contributed by atoms with E-state index < -0.39 is 0 Å². The molecule has 96 valence electrons. The molecular weight excluding hydrogens is 290 g/mol. The molecule has 0 saturated carbocycles. The van der Waals surface area contributed by atoms with Crippen molar-refractivity contribution in [1.29, 1.82) is 0 Å². The number of nitrogens with zero attached hydrogens (tertiary/aromatic N) is 1. The average molecular weight is 308 g/mol. The number of H-pyrrole nitrogens is 1. The molecule has 0 aliphatic rings. The highest BCUT2D eigenvalue weighted by molar-refractivity contribution is 9.10. The second-order valence-corrected chi connectivity index (χ2v) is 5.66. The van der Waals surface area contributed by atoms with Crippen molar-refractivity contribution in [2.24, 2.45) is 5.73 Å². The van der Waals surface area contributed by atoms with Gasteiger partial charge in [0.25, 0.3) is 0 Å². The van der Waals surface area contributed by atoms with Gasteiger partial charge in [-0.1, -0.05) is 41.9 Å². The van der Waals surface area contributed by atoms with E-state index in [2.05, 4.69) is 58.2 Å². The summed E-state index contributed by atoms with van der Waals surface area (Å²) in [6.07, 6.45) is 0. The van der Waals surface area contributed by atoms with Crippen molar-refractivity contribution in [1.82, 2.24) is 10.2 Å². The molecule has 2 aromatic rings. The summed E-state index contributed by atoms with van der Waals surface area (Å²) in [5.74, 6) is 0.596. The lowest BCUT2D eigenvalue weighted by Crippen LogP contribution is -2.14. The standard InChI is InChI=1S/C14H18BrN3/c1-9(2)13-7-14(18-17-13)12(8-16)10-4-3-5-11(15)6-10/h3-7,9,12H,8,16H2,1-2H3,(H,17,18). The molecule has 1 atom stereocenters. The molecule has 1 unspecified atom stereocenters. The Balaban J connectivity index is 2.33. The van der Waals surface area contributed by atoms with Gasteiger partial charge in [-0.15, -0.1) is 0 Å². The molecule has 0 spiro atoms. The predicted molar refractivity (Wildman–Crippen MR) is 77.7 cm³/mol. The lowest BCUT2D eigenvalue weighted by atomic mass is 9.95. The third-order valence-corrected chi connectivity index (χ3v) is 3.56. The number of halogens is 1. The van der Waals surface area contributed by atoms with Crippen molar-refractivity contribution >= 4 is 15.9 Å². The number of nitrogens with one attached hydrogen (secondary N) is 1. The molecule has 0 aliphatic heterocycles. The largest absolute Gasteiger partial charge is 0.329 e. The Morgan fingerprint density at radius 1 is 1.33 bits per heavy atom. The molecule has 3 nitrogen and oxygen atoms in total. The number of rotatable bonds is 4. The number of benzene rings is 1. The molecule has 3 N–H and O–H groups in total. The molecule has 4 heteroatoms. The molecule has 0 fully saturated rings. The van der Waals surface area contributed by atoms with E-state index in [9.17, 15) is 0 Å². The minimum Gasteiger partial charge on any atom is -0.329 e. The fourth-order valence-electron chi connectivity index (χ4n) is 1.99. The first-order chi connectivity index (χ1) is 8.61. The van der Waals surface area contributed by atoms with E-state index >= 15 is 0 Å². The van der Waals surface area contributed by atoms with E-state index in [1.807, 2.05) is 12.1 Å². The van der Waals surface area contributed by atoms with Gasteiger partial charge in [0, 0.05) is 22.6 Å². The summed E-state index contributed by atoms with van der Waals surface area (Å²) in [5.41, 5.74) is 9.27. The molecule has 0 saturated heterocycles. The number of aromatic amines is 1. The highest BCUT2D eigenvalue weighted by atomic mass is 79.9. The Morgan fingerprint density at radius 2 is 2.11 bits per heavy atom. The van der Waals surface area contributed by atoms with Gasteiger partial charge >= 0.3 is 0 Å². The third kappa shape index (κ3) is 2.82. The summed E-state index contributed by atoms with van der Waals surface area (Å²) in [7, 11) is 0. The van der Waals surface area contributed by atoms with Crippen molar-refractivity contribution in [2.75, 3.05) is 6.54 Å². The molecule has 2 rings (SSSR count). The minimum atomic E-state index is 0.169. The van der Waals surface area contributed by atoms with Gasteiger partial charge in [0.15, 0.2) is 0 Å². The molecule has 1 aromatic carbocycles. The van der Waals surface area contributed by atoms with E-state index in [1.54, 1.807) is 0 Å². The van der Waals surface area contributed by atoms with Crippen molar-refractivity contribution in [2.45, 2.75) is 25.7 Å². The van der Waals surface area contributed by atoms with Gasteiger partial charge in [-0.2, -0.15) is 5.10 Å². The Morgan fingerprint density at radius 3 is 2.67 bits per heavy atom. The van der Waals surface area contributed by atoms with E-state index in [-0.39, 0.29) is 5.92 Å². The van der Waals surface area contributed by atoms with Crippen LogP contribution in [0.25, 0.3) is 0 Å². The van der Waals surface area contributed by atoms with Crippen LogP contribution in [0.4, 0.5) is 0 Å². The van der Waals surface area contributed by atoms with Crippen LogP contribution in [-0.4, -0.2) is 16.7 Å². The van der Waals surface area contributed by atoms with Crippen molar-refractivity contribution in [3.05, 3.63) is 51.8 Å². The highest BCUT2D eigenvalue weighted by Gasteiger charge is 2.16. The molecule has 18 heavy (non-hydrogen) atoms. The zero-order valence-corrected chi connectivity index (χ0v) is 12.2. The maximum Gasteiger partial charge on any atom is 0.0650 e. The van der Waals surface area contributed by atoms with Crippen LogP contribution >= 0.6 is 15.9 Å². The van der Waals surface area contributed by atoms with Crippen molar-refractivity contribution < 1.29 is 0 Å². The van der Waals surface area contributed by atoms with Crippen LogP contribution in [0.3, 0.4) is 0 Å². The summed E-state index contributed by atoms with van der Waals surface area (Å²) < 4.78 is 1.07. The van der Waals surface area contributed by atoms with Crippen molar-refractivity contribution in [3.8, 4) is 0 Å². The maximum atomic E-state index is 5.91. The van der Waals surface area contributed by atoms with Gasteiger partial charge in [-0.25, -0.2) is 0 Å². The zero-order chi connectivity index (χ0) is 13.1. The van der Waals surface area contributed by atoms with E-state index in [0.29, 0.717) is 12.5 Å². The second-order valence-electron chi connectivity index (χ2n) is 4.75. The van der Waals surface area contributed by atoms with Crippen LogP contribution in [0, 0.1) is 0 Å². The summed E-state index contributed by atoms with van der Waals surface area (Å²) >= 11 is 3.49. The quantitative estimate of drug-likeness (QED) is 0.909. The maximum absolute atomic E-state index is 5.91. The number of nitrogens with two attached hydrogens (primary N) is 1. The molecule has 0 aliphatic carbocycles. The molecule has 1 aromatic heterocycles. The summed E-state index contributed by atoms with van der Waals surface area (Å²) in [4.78, 5) is 0.